The Hall–Kier alpha value is -7.11. The molecule has 0 atom stereocenters. The van der Waals surface area contributed by atoms with E-state index in [9.17, 15) is 5.11 Å². The third-order valence-corrected chi connectivity index (χ3v) is 9.85. The third kappa shape index (κ3) is 4.83. The molecule has 5 nitrogen and oxygen atoms in total. The second-order valence-corrected chi connectivity index (χ2v) is 12.9. The minimum atomic E-state index is 0.121. The van der Waals surface area contributed by atoms with Crippen molar-refractivity contribution in [3.8, 4) is 62.2 Å². The van der Waals surface area contributed by atoms with Gasteiger partial charge in [-0.1, -0.05) is 146 Å². The van der Waals surface area contributed by atoms with Gasteiger partial charge in [0.2, 0.25) is 0 Å². The Labute approximate surface area is 299 Å². The highest BCUT2D eigenvalue weighted by molar-refractivity contribution is 6.13. The van der Waals surface area contributed by atoms with Gasteiger partial charge in [0.05, 0.1) is 0 Å². The van der Waals surface area contributed by atoms with Crippen LogP contribution in [0.1, 0.15) is 0 Å². The van der Waals surface area contributed by atoms with Crippen LogP contribution in [0.3, 0.4) is 0 Å². The number of furan rings is 1. The van der Waals surface area contributed by atoms with E-state index in [4.69, 9.17) is 19.4 Å². The van der Waals surface area contributed by atoms with Gasteiger partial charge in [-0.05, 0) is 51.4 Å². The van der Waals surface area contributed by atoms with Gasteiger partial charge in [0, 0.05) is 44.2 Å². The molecule has 10 rings (SSSR count). The molecule has 0 aliphatic rings. The number of fused-ring (bicyclic) bond motifs is 6. The van der Waals surface area contributed by atoms with Gasteiger partial charge < -0.3 is 9.52 Å². The summed E-state index contributed by atoms with van der Waals surface area (Å²) in [6.45, 7) is 0. The maximum absolute atomic E-state index is 12.4. The van der Waals surface area contributed by atoms with E-state index in [1.807, 2.05) is 109 Å². The molecule has 52 heavy (non-hydrogen) atoms. The molecule has 1 N–H and O–H groups in total. The van der Waals surface area contributed by atoms with Crippen molar-refractivity contribution in [2.45, 2.75) is 0 Å². The Morgan fingerprint density at radius 1 is 0.385 bits per heavy atom. The van der Waals surface area contributed by atoms with E-state index >= 15 is 0 Å². The van der Waals surface area contributed by atoms with Crippen LogP contribution in [-0.2, 0) is 0 Å². The molecular weight excluding hydrogens is 639 g/mol. The van der Waals surface area contributed by atoms with E-state index in [0.717, 1.165) is 60.4 Å². The van der Waals surface area contributed by atoms with E-state index < -0.39 is 0 Å². The van der Waals surface area contributed by atoms with Crippen molar-refractivity contribution in [1.29, 1.82) is 0 Å². The van der Waals surface area contributed by atoms with Crippen LogP contribution in [0.4, 0.5) is 0 Å². The Morgan fingerprint density at radius 3 is 1.75 bits per heavy atom. The Bertz CT molecular complexity index is 2970. The van der Waals surface area contributed by atoms with E-state index in [1.165, 1.54) is 5.39 Å². The average molecular weight is 668 g/mol. The standard InChI is InChI=1S/C47H29N3O2/c51-43-36(38-24-13-23-37-35-22-11-12-25-41(35)52-44(37)38)26-27-39(42(43)29-14-3-1-4-15-29)46-48-45(30-16-5-2-6-17-30)49-47(50-46)40-28-31-18-7-8-19-32(31)33-20-9-10-21-34(33)40/h1-28,51H. The summed E-state index contributed by atoms with van der Waals surface area (Å²) in [5, 5.41) is 18.9. The van der Waals surface area contributed by atoms with Crippen LogP contribution in [-0.4, -0.2) is 20.1 Å². The number of hydrogen-bond acceptors (Lipinski definition) is 5. The van der Waals surface area contributed by atoms with E-state index in [2.05, 4.69) is 60.7 Å². The van der Waals surface area contributed by atoms with Crippen LogP contribution < -0.4 is 0 Å². The van der Waals surface area contributed by atoms with E-state index in [0.29, 0.717) is 34.2 Å². The number of rotatable bonds is 5. The highest BCUT2D eigenvalue weighted by Crippen LogP contribution is 2.47. The number of aromatic hydroxyl groups is 1. The number of hydrogen-bond donors (Lipinski definition) is 1. The summed E-state index contributed by atoms with van der Waals surface area (Å²) >= 11 is 0. The molecule has 0 radical (unpaired) electrons. The van der Waals surface area contributed by atoms with E-state index in [1.54, 1.807) is 0 Å². The number of nitrogens with zero attached hydrogens (tertiary/aromatic N) is 3. The van der Waals surface area contributed by atoms with Crippen molar-refractivity contribution in [1.82, 2.24) is 15.0 Å². The summed E-state index contributed by atoms with van der Waals surface area (Å²) in [5.74, 6) is 1.69. The number of aromatic nitrogens is 3. The molecule has 0 fully saturated rings. The molecule has 2 heterocycles. The molecule has 0 aliphatic heterocycles. The summed E-state index contributed by atoms with van der Waals surface area (Å²) < 4.78 is 6.40. The first-order chi connectivity index (χ1) is 25.7. The normalized spacial score (nSPS) is 11.5. The number of phenols is 1. The Balaban J connectivity index is 1.25. The lowest BCUT2D eigenvalue weighted by atomic mass is 9.91. The lowest BCUT2D eigenvalue weighted by Gasteiger charge is -2.17. The molecule has 0 unspecified atom stereocenters. The minimum Gasteiger partial charge on any atom is -0.507 e. The van der Waals surface area contributed by atoms with Crippen LogP contribution in [0.2, 0.25) is 0 Å². The highest BCUT2D eigenvalue weighted by Gasteiger charge is 2.23. The largest absolute Gasteiger partial charge is 0.507 e. The van der Waals surface area contributed by atoms with E-state index in [-0.39, 0.29) is 5.75 Å². The summed E-state index contributed by atoms with van der Waals surface area (Å²) in [6, 6.07) is 56.8. The second-order valence-electron chi connectivity index (χ2n) is 12.9. The lowest BCUT2D eigenvalue weighted by molar-refractivity contribution is 0.479. The maximum atomic E-state index is 12.4. The Kier molecular flexibility index (Phi) is 6.89. The first-order valence-electron chi connectivity index (χ1n) is 17.3. The molecule has 0 saturated carbocycles. The molecule has 5 heteroatoms. The maximum Gasteiger partial charge on any atom is 0.164 e. The monoisotopic (exact) mass is 667 g/mol. The van der Waals surface area contributed by atoms with Crippen molar-refractivity contribution in [3.63, 3.8) is 0 Å². The van der Waals surface area contributed by atoms with Crippen molar-refractivity contribution >= 4 is 43.5 Å². The molecule has 0 amide bonds. The van der Waals surface area contributed by atoms with Crippen molar-refractivity contribution < 1.29 is 9.52 Å². The van der Waals surface area contributed by atoms with Gasteiger partial charge >= 0.3 is 0 Å². The fourth-order valence-corrected chi connectivity index (χ4v) is 7.42. The highest BCUT2D eigenvalue weighted by atomic mass is 16.3. The molecule has 0 aliphatic carbocycles. The molecule has 0 saturated heterocycles. The predicted molar refractivity (Wildman–Crippen MR) is 211 cm³/mol. The van der Waals surface area contributed by atoms with Crippen LogP contribution in [0.25, 0.3) is 99.9 Å². The van der Waals surface area contributed by atoms with Gasteiger partial charge in [-0.15, -0.1) is 0 Å². The second kappa shape index (κ2) is 12.0. The summed E-state index contributed by atoms with van der Waals surface area (Å²) in [6.07, 6.45) is 0. The van der Waals surface area contributed by atoms with Crippen molar-refractivity contribution in [2.24, 2.45) is 0 Å². The van der Waals surface area contributed by atoms with Crippen LogP contribution >= 0.6 is 0 Å². The number of benzene rings is 8. The lowest BCUT2D eigenvalue weighted by Crippen LogP contribution is -2.02. The summed E-state index contributed by atoms with van der Waals surface area (Å²) in [4.78, 5) is 15.4. The molecule has 0 spiro atoms. The molecule has 2 aromatic heterocycles. The minimum absolute atomic E-state index is 0.121. The molecule has 0 bridgehead atoms. The zero-order chi connectivity index (χ0) is 34.6. The van der Waals surface area contributed by atoms with Gasteiger partial charge in [-0.3, -0.25) is 0 Å². The van der Waals surface area contributed by atoms with Crippen LogP contribution in [0, 0.1) is 0 Å². The van der Waals surface area contributed by atoms with Gasteiger partial charge in [-0.25, -0.2) is 15.0 Å². The average Bonchev–Trinajstić information content (AvgIpc) is 3.60. The zero-order valence-electron chi connectivity index (χ0n) is 27.9. The zero-order valence-corrected chi connectivity index (χ0v) is 27.9. The number of phenolic OH excluding ortho intramolecular Hbond substituents is 1. The fraction of sp³-hybridized carbons (Fsp3) is 0. The molecule has 244 valence electrons. The smallest absolute Gasteiger partial charge is 0.164 e. The van der Waals surface area contributed by atoms with Crippen molar-refractivity contribution in [2.75, 3.05) is 0 Å². The molecule has 8 aromatic carbocycles. The van der Waals surface area contributed by atoms with Gasteiger partial charge in [0.15, 0.2) is 17.5 Å². The first kappa shape index (κ1) is 29.8. The Morgan fingerprint density at radius 2 is 0.962 bits per heavy atom. The van der Waals surface area contributed by atoms with Crippen molar-refractivity contribution in [3.05, 3.63) is 170 Å². The van der Waals surface area contributed by atoms with Gasteiger partial charge in [-0.2, -0.15) is 0 Å². The summed E-state index contributed by atoms with van der Waals surface area (Å²) in [7, 11) is 0. The fourth-order valence-electron chi connectivity index (χ4n) is 7.42. The molecular formula is C47H29N3O2. The van der Waals surface area contributed by atoms with Crippen LogP contribution in [0.15, 0.2) is 174 Å². The van der Waals surface area contributed by atoms with Crippen LogP contribution in [0.5, 0.6) is 5.75 Å². The summed E-state index contributed by atoms with van der Waals surface area (Å²) in [5.41, 5.74) is 6.93. The third-order valence-electron chi connectivity index (χ3n) is 9.85. The predicted octanol–water partition coefficient (Wildman–Crippen LogP) is 12.1. The first-order valence-corrected chi connectivity index (χ1v) is 17.3. The van der Waals surface area contributed by atoms with Gasteiger partial charge in [0.25, 0.3) is 0 Å². The topological polar surface area (TPSA) is 72.0 Å². The molecule has 10 aromatic rings. The number of para-hydroxylation sites is 2. The quantitative estimate of drug-likeness (QED) is 0.185. The SMILES string of the molecule is Oc1c(-c2cccc3c2oc2ccccc23)ccc(-c2nc(-c3ccccc3)nc(-c3cc4ccccc4c4ccccc34)n2)c1-c1ccccc1. The van der Waals surface area contributed by atoms with Gasteiger partial charge in [0.1, 0.15) is 16.9 Å².